The van der Waals surface area contributed by atoms with Crippen molar-refractivity contribution in [1.82, 2.24) is 14.4 Å². The molecule has 2 N–H and O–H groups in total. The van der Waals surface area contributed by atoms with Crippen LogP contribution in [0.15, 0.2) is 103 Å². The summed E-state index contributed by atoms with van der Waals surface area (Å²) in [5.74, 6) is -0.837. The quantitative estimate of drug-likeness (QED) is 0.0867. The maximum Gasteiger partial charge on any atom is 2.00 e. The Kier molecular flexibility index (Phi) is 59.7. The van der Waals surface area contributed by atoms with Gasteiger partial charge in [-0.05, 0) is 48.0 Å². The third-order valence-electron chi connectivity index (χ3n) is 8.33. The average Bonchev–Trinajstić information content (AvgIpc) is 3.79. The van der Waals surface area contributed by atoms with E-state index in [1.165, 1.54) is 25.9 Å². The van der Waals surface area contributed by atoms with E-state index in [2.05, 4.69) is 52.9 Å². The smallest absolute Gasteiger partial charge is 0.680 e. The van der Waals surface area contributed by atoms with E-state index in [4.69, 9.17) is 11.5 Å². The second-order valence-electron chi connectivity index (χ2n) is 11.5. The molecule has 1 aromatic heterocycles. The van der Waals surface area contributed by atoms with Gasteiger partial charge in [-0.1, -0.05) is 88.9 Å². The van der Waals surface area contributed by atoms with E-state index in [0.717, 1.165) is 41.5 Å². The van der Waals surface area contributed by atoms with E-state index >= 15 is 0 Å². The van der Waals surface area contributed by atoms with Gasteiger partial charge < -0.3 is 28.2 Å². The van der Waals surface area contributed by atoms with Crippen LogP contribution < -0.4 is 121 Å². The van der Waals surface area contributed by atoms with Gasteiger partial charge in [-0.2, -0.15) is 25.6 Å². The summed E-state index contributed by atoms with van der Waals surface area (Å²) in [5, 5.41) is 5.58. The Bertz CT molecular complexity index is 2030. The van der Waals surface area contributed by atoms with Crippen molar-refractivity contribution in [1.29, 1.82) is 0 Å². The fraction of sp³-hybridized carbons (Fsp3) is 0.261. The third-order valence-corrected chi connectivity index (χ3v) is 9.88. The topological polar surface area (TPSA) is 134 Å². The summed E-state index contributed by atoms with van der Waals surface area (Å²) in [6.45, 7) is 15.1. The zero-order chi connectivity index (χ0) is 45.6. The van der Waals surface area contributed by atoms with Crippen molar-refractivity contribution in [2.45, 2.75) is 46.7 Å². The molecule has 1 unspecified atom stereocenters. The van der Waals surface area contributed by atoms with Crippen molar-refractivity contribution in [3.05, 3.63) is 158 Å². The molecule has 0 spiro atoms. The van der Waals surface area contributed by atoms with Crippen LogP contribution in [-0.2, 0) is 99.7 Å². The normalized spacial score (nSPS) is 12.1. The molecule has 3 aliphatic rings. The first-order chi connectivity index (χ1) is 28.4. The van der Waals surface area contributed by atoms with Crippen LogP contribution >= 0.6 is 24.4 Å². The molecule has 67 heavy (non-hydrogen) atoms. The van der Waals surface area contributed by atoms with Crippen LogP contribution in [0.3, 0.4) is 0 Å². The van der Waals surface area contributed by atoms with Gasteiger partial charge in [-0.3, -0.25) is 25.4 Å². The Morgan fingerprint density at radius 2 is 0.925 bits per heavy atom. The predicted octanol–water partition coefficient (Wildman–Crippen LogP) is 4.54. The number of thioether (sulfide) groups is 1. The van der Waals surface area contributed by atoms with Gasteiger partial charge >= 0.3 is 161 Å². The maximum atomic E-state index is 11.9. The van der Waals surface area contributed by atoms with Crippen LogP contribution in [0.4, 0.5) is 0 Å². The predicted molar refractivity (Wildman–Crippen MR) is 250 cm³/mol. The van der Waals surface area contributed by atoms with Gasteiger partial charge in [0.2, 0.25) is 28.7 Å². The molecule has 21 heteroatoms. The van der Waals surface area contributed by atoms with Crippen molar-refractivity contribution >= 4 is 74.6 Å². The van der Waals surface area contributed by atoms with Crippen molar-refractivity contribution in [2.75, 3.05) is 21.1 Å². The van der Waals surface area contributed by atoms with Crippen LogP contribution in [0.1, 0.15) is 83.0 Å². The maximum absolute atomic E-state index is 11.9. The van der Waals surface area contributed by atoms with E-state index in [0.29, 0.717) is 28.2 Å². The molecule has 0 bridgehead atoms. The number of imide groups is 2. The number of hydrogen-bond acceptors (Lipinski definition) is 5. The molecule has 11 nitrogen and oxygen atoms in total. The minimum Gasteiger partial charge on any atom is -0.680 e. The van der Waals surface area contributed by atoms with E-state index in [1.54, 1.807) is 31.2 Å². The van der Waals surface area contributed by atoms with Gasteiger partial charge in [-0.25, -0.2) is 35.0 Å². The molecule has 5 aromatic rings. The number of aromatic nitrogens is 2. The second kappa shape index (κ2) is 46.4. The number of aryl methyl sites for hydroxylation is 2. The van der Waals surface area contributed by atoms with Gasteiger partial charge in [0.1, 0.15) is 19.4 Å². The van der Waals surface area contributed by atoms with Crippen LogP contribution in [0.5, 0.6) is 0 Å². The first kappa shape index (κ1) is 86.1. The van der Waals surface area contributed by atoms with Gasteiger partial charge in [0.05, 0.1) is 20.0 Å². The van der Waals surface area contributed by atoms with Crippen molar-refractivity contribution < 1.29 is 230 Å². The van der Waals surface area contributed by atoms with E-state index in [1.807, 2.05) is 130 Å². The number of thiol groups is 1. The van der Waals surface area contributed by atoms with Gasteiger partial charge in [0.25, 0.3) is 5.16 Å². The number of imidazole rings is 1. The Hall–Kier alpha value is -0.664. The second-order valence-corrected chi connectivity index (χ2v) is 12.7. The number of allylic oxidation sites excluding steroid dienone is 1. The summed E-state index contributed by atoms with van der Waals surface area (Å²) in [5.41, 5.74) is 13.7. The minimum absolute atomic E-state index is 0. The first-order valence-electron chi connectivity index (χ1n) is 18.9. The fourth-order valence-electron chi connectivity index (χ4n) is 5.68. The zero-order valence-corrected chi connectivity index (χ0v) is 77.6. The Labute approximate surface area is 555 Å². The molecule has 4 radical (unpaired) electrons. The molecule has 0 aliphatic carbocycles. The number of nitrogens with zero attached hydrogens (tertiary/aromatic N) is 5. The number of benzene rings is 4. The van der Waals surface area contributed by atoms with Crippen molar-refractivity contribution in [2.24, 2.45) is 20.0 Å². The molecule has 1 atom stereocenters. The number of nitrogens with one attached hydrogen (secondary N) is 2. The number of carbonyl (C=O) groups excluding carboxylic acids is 4. The number of hydrogen-bond donors (Lipinski definition) is 1. The molecule has 0 fully saturated rings. The third kappa shape index (κ3) is 22.7. The zero-order valence-electron chi connectivity index (χ0n) is 41.4. The monoisotopic (exact) mass is 2280 g/mol. The Morgan fingerprint density at radius 3 is 1.09 bits per heavy atom. The summed E-state index contributed by atoms with van der Waals surface area (Å²) >= 11 is 5.77. The molecule has 3 aliphatic heterocycles. The SMILES string of the molecule is CC.CC.CC1C=C[N+](C)=C1S.C[NH-].C[NH-].[CH2-]C.[CH2-]N1C(=O)c2cccc3cccc(c23)C1=O.[CH2-]N1C(=O)c2cccc3cccc(c23)C1=O.[CH2-]Sc1n(C)cc[n+]1C.[Rb+].[Rb+].[Re].[Re].[Rf].[Rf].[Ta+2].[Ta+2]. The largest absolute Gasteiger partial charge is 2.00 e. The summed E-state index contributed by atoms with van der Waals surface area (Å²) < 4.78 is 6.10. The molecule has 4 aromatic carbocycles. The van der Waals surface area contributed by atoms with Crippen LogP contribution in [0.25, 0.3) is 33.0 Å². The molecule has 0 saturated heterocycles. The molecule has 8 rings (SSSR count). The number of rotatable bonds is 1. The number of amides is 4. The standard InChI is InChI=1S/2C13H8NO2.C6H10N2S.C6H9NS.2C2H6.C2H5.2CH4N.2Rb.2Re.2Rf.2Ta/c2*1-14-12(15)9-6-2-4-8-5-3-7-10(11(8)9)13(14)16;1-7-4-5-8(2)6(7)9-3;1-5-3-4-7(2)6(5)8;5*1-2;;;;;;;;/h2*2-7H,1H2;4-5H,3H2,1-2H3;3-5H,1-2H3;2*1-2H3;1H2,2H3;2*2H,1H3;;;;;;;;/q2*-1;;;;;3*-1;2*+1;;;;;2*+2/p+1. The first-order valence-corrected chi connectivity index (χ1v) is 20.3. The molecule has 4 heterocycles. The van der Waals surface area contributed by atoms with E-state index in [-0.39, 0.29) is 226 Å². The Morgan fingerprint density at radius 1 is 0.642 bits per heavy atom. The summed E-state index contributed by atoms with van der Waals surface area (Å²) in [6.07, 6.45) is 11.9. The van der Waals surface area contributed by atoms with Crippen LogP contribution in [-0.4, -0.2) is 68.8 Å². The molecule has 4 amide bonds. The molecule has 344 valence electrons. The van der Waals surface area contributed by atoms with E-state index < -0.39 is 0 Å². The van der Waals surface area contributed by atoms with Gasteiger partial charge in [0, 0.05) is 73.9 Å². The molecular weight excluding hydrogens is 2220 g/mol. The van der Waals surface area contributed by atoms with Crippen LogP contribution in [0.2, 0.25) is 0 Å². The fourth-order valence-corrected chi connectivity index (χ4v) is 6.36. The average molecular weight is 2280 g/mol. The summed E-state index contributed by atoms with van der Waals surface area (Å²) in [4.78, 5) is 49.3. The van der Waals surface area contributed by atoms with Gasteiger partial charge in [0.15, 0.2) is 6.20 Å². The summed E-state index contributed by atoms with van der Waals surface area (Å²) in [6, 6.07) is 21.7. The number of carbonyl (C=O) groups is 4. The summed E-state index contributed by atoms with van der Waals surface area (Å²) in [7, 11) is 15.5. The van der Waals surface area contributed by atoms with Gasteiger partial charge in [-0.15, -0.1) is 0 Å². The van der Waals surface area contributed by atoms with Crippen LogP contribution in [0, 0.1) is 33.2 Å². The van der Waals surface area contributed by atoms with E-state index in [9.17, 15) is 19.2 Å². The Balaban J connectivity index is -0.0000000890. The van der Waals surface area contributed by atoms with Crippen molar-refractivity contribution in [3.8, 4) is 0 Å². The molecular formula is C46H61N7O4Rb2Re2Rf2S2Ta2+2. The minimum atomic E-state index is -0.339. The molecule has 0 saturated carbocycles. The van der Waals surface area contributed by atoms with Crippen molar-refractivity contribution in [3.63, 3.8) is 0 Å².